The lowest BCUT2D eigenvalue weighted by molar-refractivity contribution is 0.411. The average Bonchev–Trinajstić information content (AvgIpc) is 2.74. The van der Waals surface area contributed by atoms with Crippen molar-refractivity contribution in [3.05, 3.63) is 46.9 Å². The lowest BCUT2D eigenvalue weighted by Gasteiger charge is -2.27. The highest BCUT2D eigenvalue weighted by Gasteiger charge is 2.32. The maximum Gasteiger partial charge on any atom is 0.243 e. The maximum atomic E-state index is 13.0. The Balaban J connectivity index is 2.17. The van der Waals surface area contributed by atoms with E-state index in [1.54, 1.807) is 6.07 Å². The number of sulfonamides is 1. The second-order valence-electron chi connectivity index (χ2n) is 6.36. The Morgan fingerprint density at radius 2 is 2.00 bits per heavy atom. The number of para-hydroxylation sites is 1. The molecule has 7 heteroatoms. The van der Waals surface area contributed by atoms with Gasteiger partial charge in [-0.25, -0.2) is 13.1 Å². The Kier molecular flexibility index (Phi) is 5.89. The minimum Gasteiger partial charge on any atom is -0.496 e. The van der Waals surface area contributed by atoms with Crippen LogP contribution in [0, 0.1) is 0 Å². The third-order valence-electron chi connectivity index (χ3n) is 4.51. The summed E-state index contributed by atoms with van der Waals surface area (Å²) in [5.41, 5.74) is 1.61. The van der Waals surface area contributed by atoms with E-state index in [9.17, 15) is 8.42 Å². The number of halogens is 1. The first-order valence-electron chi connectivity index (χ1n) is 8.68. The van der Waals surface area contributed by atoms with Gasteiger partial charge in [-0.15, -0.1) is 0 Å². The van der Waals surface area contributed by atoms with E-state index in [4.69, 9.17) is 4.74 Å². The minimum atomic E-state index is -3.64. The number of hydrogen-bond acceptors (Lipinski definition) is 4. The molecule has 26 heavy (non-hydrogen) atoms. The van der Waals surface area contributed by atoms with Gasteiger partial charge in [0.15, 0.2) is 0 Å². The zero-order valence-electron chi connectivity index (χ0n) is 14.9. The maximum absolute atomic E-state index is 13.0. The summed E-state index contributed by atoms with van der Waals surface area (Å²) in [7, 11) is -2.11. The third kappa shape index (κ3) is 3.89. The minimum absolute atomic E-state index is 0.155. The fraction of sp³-hybridized carbons (Fsp3) is 0.368. The number of nitrogens with one attached hydrogen (secondary N) is 1. The van der Waals surface area contributed by atoms with Gasteiger partial charge in [-0.05, 0) is 40.5 Å². The van der Waals surface area contributed by atoms with Crippen molar-refractivity contribution in [1.29, 1.82) is 0 Å². The molecule has 1 N–H and O–H groups in total. The molecule has 0 aliphatic carbocycles. The average molecular weight is 439 g/mol. The van der Waals surface area contributed by atoms with Crippen LogP contribution in [0.4, 0.5) is 11.4 Å². The monoisotopic (exact) mass is 438 g/mol. The SMILES string of the molecule is CCCC[C@@H]1CN(c2ccccc2)c2cc(Br)c(OC)cc2S(=O)(=O)N1. The molecule has 0 bridgehead atoms. The summed E-state index contributed by atoms with van der Waals surface area (Å²) >= 11 is 3.49. The summed E-state index contributed by atoms with van der Waals surface area (Å²) in [6, 6.07) is 13.1. The van der Waals surface area contributed by atoms with Gasteiger partial charge in [-0.3, -0.25) is 0 Å². The number of benzene rings is 2. The molecular weight excluding hydrogens is 416 g/mol. The molecule has 1 aliphatic heterocycles. The van der Waals surface area contributed by atoms with Gasteiger partial charge in [0, 0.05) is 24.3 Å². The van der Waals surface area contributed by atoms with Gasteiger partial charge in [0.2, 0.25) is 10.0 Å². The highest BCUT2D eigenvalue weighted by Crippen LogP contribution is 2.40. The fourth-order valence-electron chi connectivity index (χ4n) is 3.20. The van der Waals surface area contributed by atoms with Crippen LogP contribution in [0.5, 0.6) is 5.75 Å². The highest BCUT2D eigenvalue weighted by molar-refractivity contribution is 9.10. The van der Waals surface area contributed by atoms with Crippen LogP contribution in [0.25, 0.3) is 0 Å². The van der Waals surface area contributed by atoms with Crippen molar-refractivity contribution in [2.75, 3.05) is 18.6 Å². The molecule has 0 unspecified atom stereocenters. The summed E-state index contributed by atoms with van der Waals surface area (Å²) in [4.78, 5) is 2.30. The first-order chi connectivity index (χ1) is 12.5. The first-order valence-corrected chi connectivity index (χ1v) is 11.0. The van der Waals surface area contributed by atoms with Crippen LogP contribution in [0.1, 0.15) is 26.2 Å². The Hall–Kier alpha value is -1.57. The van der Waals surface area contributed by atoms with Gasteiger partial charge in [0.05, 0.1) is 17.3 Å². The van der Waals surface area contributed by atoms with Crippen molar-refractivity contribution < 1.29 is 13.2 Å². The second kappa shape index (κ2) is 7.98. The molecule has 0 fully saturated rings. The lowest BCUT2D eigenvalue weighted by Crippen LogP contribution is -2.39. The Bertz CT molecular complexity index is 872. The molecule has 2 aromatic carbocycles. The number of nitrogens with zero attached hydrogens (tertiary/aromatic N) is 1. The lowest BCUT2D eigenvalue weighted by atomic mass is 10.1. The van der Waals surface area contributed by atoms with Crippen LogP contribution in [0.3, 0.4) is 0 Å². The molecule has 1 aliphatic rings. The van der Waals surface area contributed by atoms with E-state index < -0.39 is 10.0 Å². The van der Waals surface area contributed by atoms with Gasteiger partial charge in [0.1, 0.15) is 10.6 Å². The summed E-state index contributed by atoms with van der Waals surface area (Å²) in [6.45, 7) is 2.69. The van der Waals surface area contributed by atoms with Crippen LogP contribution < -0.4 is 14.4 Å². The number of ether oxygens (including phenoxy) is 1. The largest absolute Gasteiger partial charge is 0.496 e. The van der Waals surface area contributed by atoms with Crippen LogP contribution in [-0.2, 0) is 10.0 Å². The summed E-state index contributed by atoms with van der Waals surface area (Å²) in [5, 5.41) is 0. The number of methoxy groups -OCH3 is 1. The fourth-order valence-corrected chi connectivity index (χ4v) is 5.16. The molecule has 0 aromatic heterocycles. The van der Waals surface area contributed by atoms with E-state index in [1.807, 2.05) is 36.4 Å². The van der Waals surface area contributed by atoms with Crippen molar-refractivity contribution in [1.82, 2.24) is 4.72 Å². The number of unbranched alkanes of at least 4 members (excludes halogenated alkanes) is 1. The van der Waals surface area contributed by atoms with Gasteiger partial charge < -0.3 is 9.64 Å². The van der Waals surface area contributed by atoms with Crippen molar-refractivity contribution >= 4 is 37.3 Å². The van der Waals surface area contributed by atoms with Crippen LogP contribution in [0.15, 0.2) is 51.8 Å². The van der Waals surface area contributed by atoms with E-state index in [0.29, 0.717) is 18.0 Å². The summed E-state index contributed by atoms with van der Waals surface area (Å²) in [5.74, 6) is 0.495. The van der Waals surface area contributed by atoms with E-state index in [1.165, 1.54) is 7.11 Å². The number of anilines is 2. The van der Waals surface area contributed by atoms with E-state index in [2.05, 4.69) is 32.5 Å². The van der Waals surface area contributed by atoms with Crippen LogP contribution in [0.2, 0.25) is 0 Å². The predicted octanol–water partition coefficient (Wildman–Crippen LogP) is 4.45. The molecule has 1 heterocycles. The normalized spacial score (nSPS) is 18.9. The molecule has 3 rings (SSSR count). The predicted molar refractivity (Wildman–Crippen MR) is 108 cm³/mol. The third-order valence-corrected chi connectivity index (χ3v) is 6.68. The number of hydrogen-bond donors (Lipinski definition) is 1. The zero-order chi connectivity index (χ0) is 18.7. The molecular formula is C19H23BrN2O3S. The first kappa shape index (κ1) is 19.2. The van der Waals surface area contributed by atoms with E-state index >= 15 is 0 Å². The van der Waals surface area contributed by atoms with Gasteiger partial charge >= 0.3 is 0 Å². The molecule has 0 radical (unpaired) electrons. The Labute approximate surface area is 163 Å². The number of rotatable bonds is 5. The topological polar surface area (TPSA) is 58.6 Å². The summed E-state index contributed by atoms with van der Waals surface area (Å²) in [6.07, 6.45) is 2.79. The zero-order valence-corrected chi connectivity index (χ0v) is 17.3. The van der Waals surface area contributed by atoms with Crippen molar-refractivity contribution in [2.24, 2.45) is 0 Å². The molecule has 0 amide bonds. The quantitative estimate of drug-likeness (QED) is 0.748. The molecule has 5 nitrogen and oxygen atoms in total. The van der Waals surface area contributed by atoms with Crippen molar-refractivity contribution in [3.8, 4) is 5.75 Å². The van der Waals surface area contributed by atoms with Gasteiger partial charge in [0.25, 0.3) is 0 Å². The van der Waals surface area contributed by atoms with Gasteiger partial charge in [-0.1, -0.05) is 38.0 Å². The second-order valence-corrected chi connectivity index (χ2v) is 8.90. The molecule has 140 valence electrons. The van der Waals surface area contributed by atoms with Crippen LogP contribution in [-0.4, -0.2) is 28.1 Å². The van der Waals surface area contributed by atoms with E-state index in [-0.39, 0.29) is 10.9 Å². The standard InChI is InChI=1S/C19H23BrN2O3S/c1-3-4-8-14-13-22(15-9-6-5-7-10-15)17-11-16(20)18(25-2)12-19(17)26(23,24)21-14/h5-7,9-12,14,21H,3-4,8,13H2,1-2H3/t14-/m1/s1. The molecule has 0 saturated carbocycles. The molecule has 0 saturated heterocycles. The highest BCUT2D eigenvalue weighted by atomic mass is 79.9. The molecule has 2 aromatic rings. The molecule has 1 atom stereocenters. The van der Waals surface area contributed by atoms with Crippen LogP contribution >= 0.6 is 15.9 Å². The Morgan fingerprint density at radius 3 is 2.65 bits per heavy atom. The van der Waals surface area contributed by atoms with Crippen molar-refractivity contribution in [2.45, 2.75) is 37.1 Å². The number of fused-ring (bicyclic) bond motifs is 1. The smallest absolute Gasteiger partial charge is 0.243 e. The summed E-state index contributed by atoms with van der Waals surface area (Å²) < 4.78 is 34.9. The van der Waals surface area contributed by atoms with Crippen molar-refractivity contribution in [3.63, 3.8) is 0 Å². The Morgan fingerprint density at radius 1 is 1.27 bits per heavy atom. The van der Waals surface area contributed by atoms with Gasteiger partial charge in [-0.2, -0.15) is 0 Å². The molecule has 0 spiro atoms. The van der Waals surface area contributed by atoms with E-state index in [0.717, 1.165) is 29.4 Å².